The first-order valence-electron chi connectivity index (χ1n) is 13.9. The summed E-state index contributed by atoms with van der Waals surface area (Å²) in [4.78, 5) is 39.4. The van der Waals surface area contributed by atoms with Crippen molar-refractivity contribution >= 4 is 38.2 Å². The van der Waals surface area contributed by atoms with E-state index in [-0.39, 0.29) is 38.3 Å². The fraction of sp³-hybridized carbons (Fsp3) is 0.387. The minimum atomic E-state index is -4.46. The largest absolute Gasteiger partial charge is 0.416 e. The van der Waals surface area contributed by atoms with Crippen molar-refractivity contribution in [1.82, 2.24) is 19.5 Å². The minimum Gasteiger partial charge on any atom is -0.409 e. The normalized spacial score (nSPS) is 15.2. The van der Waals surface area contributed by atoms with Crippen molar-refractivity contribution in [1.29, 1.82) is 0 Å². The topological polar surface area (TPSA) is 108 Å². The molecule has 0 unspecified atom stereocenters. The average molecular weight is 624 g/mol. The summed E-state index contributed by atoms with van der Waals surface area (Å²) < 4.78 is 52.7. The number of ether oxygens (including phenoxy) is 1. The number of anilines is 1. The van der Waals surface area contributed by atoms with E-state index in [2.05, 4.69) is 41.0 Å². The number of ketones is 1. The highest BCUT2D eigenvalue weighted by Crippen LogP contribution is 2.43. The number of halogens is 3. The third-order valence-electron chi connectivity index (χ3n) is 7.52. The predicted octanol–water partition coefficient (Wildman–Crippen LogP) is 5.62. The first kappa shape index (κ1) is 31.5. The van der Waals surface area contributed by atoms with E-state index in [0.29, 0.717) is 35.4 Å². The maximum absolute atomic E-state index is 13.9. The number of amides is 1. The summed E-state index contributed by atoms with van der Waals surface area (Å²) >= 11 is 0. The molecule has 4 heterocycles. The Morgan fingerprint density at radius 3 is 2.36 bits per heavy atom. The predicted molar refractivity (Wildman–Crippen MR) is 158 cm³/mol. The number of carbonyl (C=O) groups excluding carboxylic acids is 2. The van der Waals surface area contributed by atoms with Crippen LogP contribution >= 0.6 is 0 Å². The Morgan fingerprint density at radius 1 is 1.05 bits per heavy atom. The third kappa shape index (κ3) is 6.30. The minimum absolute atomic E-state index is 0.0315. The fourth-order valence-electron chi connectivity index (χ4n) is 4.91. The van der Waals surface area contributed by atoms with Gasteiger partial charge in [0.05, 0.1) is 48.2 Å². The molecular formula is C31H32F3N5O4Si. The zero-order valence-electron chi connectivity index (χ0n) is 25.0. The van der Waals surface area contributed by atoms with Crippen LogP contribution in [0.3, 0.4) is 0 Å². The van der Waals surface area contributed by atoms with Crippen molar-refractivity contribution in [3.63, 3.8) is 0 Å². The number of fused-ring (bicyclic) bond motifs is 1. The Morgan fingerprint density at radius 2 is 1.75 bits per heavy atom. The Hall–Kier alpha value is -3.94. The lowest BCUT2D eigenvalue weighted by Gasteiger charge is -2.53. The van der Waals surface area contributed by atoms with E-state index in [1.54, 1.807) is 12.4 Å². The molecule has 0 aliphatic carbocycles. The van der Waals surface area contributed by atoms with E-state index in [4.69, 9.17) is 9.16 Å². The Balaban J connectivity index is 1.39. The Kier molecular flexibility index (Phi) is 8.25. The van der Waals surface area contributed by atoms with Gasteiger partial charge in [0, 0.05) is 29.5 Å². The summed E-state index contributed by atoms with van der Waals surface area (Å²) in [5.41, 5.74) is -0.241. The molecule has 13 heteroatoms. The van der Waals surface area contributed by atoms with Crippen molar-refractivity contribution in [3.05, 3.63) is 83.7 Å². The highest BCUT2D eigenvalue weighted by molar-refractivity contribution is 6.31. The number of carbonyl (C=O) groups is 2. The molecule has 2 radical (unpaired) electrons. The van der Waals surface area contributed by atoms with Crippen LogP contribution in [0.15, 0.2) is 61.4 Å². The van der Waals surface area contributed by atoms with Crippen molar-refractivity contribution in [2.45, 2.75) is 63.4 Å². The summed E-state index contributed by atoms with van der Waals surface area (Å²) in [6.07, 6.45) is 2.96. The molecule has 1 fully saturated rings. The van der Waals surface area contributed by atoms with Crippen molar-refractivity contribution in [2.75, 3.05) is 18.5 Å². The molecule has 1 N–H and O–H groups in total. The number of pyridine rings is 1. The molecule has 4 aromatic rings. The number of hydrogen-bond donors (Lipinski definition) is 1. The van der Waals surface area contributed by atoms with E-state index in [1.807, 2.05) is 18.4 Å². The molecule has 0 atom stereocenters. The van der Waals surface area contributed by atoms with E-state index >= 15 is 0 Å². The van der Waals surface area contributed by atoms with Crippen LogP contribution in [0, 0.1) is 0 Å². The SMILES string of the molecule is CC(C)(C)[Si]OC(C)(C)C1(n2cc(C(=O)c3cncc(NC(=O)Cc4ccc(C(F)(F)F)cc4)c3)c3cncnc32)COC1. The molecule has 3 aromatic heterocycles. The lowest BCUT2D eigenvalue weighted by Crippen LogP contribution is -2.65. The number of alkyl halides is 3. The maximum Gasteiger partial charge on any atom is 0.416 e. The zero-order valence-corrected chi connectivity index (χ0v) is 26.0. The second-order valence-corrected chi connectivity index (χ2v) is 14.3. The number of aromatic nitrogens is 4. The van der Waals surface area contributed by atoms with Crippen LogP contribution in [-0.2, 0) is 32.1 Å². The summed E-state index contributed by atoms with van der Waals surface area (Å²) in [7, 11) is 0.232. The van der Waals surface area contributed by atoms with Gasteiger partial charge in [-0.25, -0.2) is 9.97 Å². The molecule has 1 aliphatic rings. The van der Waals surface area contributed by atoms with Crippen molar-refractivity contribution in [2.24, 2.45) is 0 Å². The quantitative estimate of drug-likeness (QED) is 0.191. The second kappa shape index (κ2) is 11.5. The van der Waals surface area contributed by atoms with Crippen LogP contribution in [0.5, 0.6) is 0 Å². The summed E-state index contributed by atoms with van der Waals surface area (Å²) in [6, 6.07) is 5.89. The fourth-order valence-corrected chi connectivity index (χ4v) is 5.66. The first-order chi connectivity index (χ1) is 20.6. The maximum atomic E-state index is 13.9. The number of rotatable bonds is 9. The van der Waals surface area contributed by atoms with Gasteiger partial charge in [0.2, 0.25) is 15.7 Å². The zero-order chi connectivity index (χ0) is 31.9. The van der Waals surface area contributed by atoms with Gasteiger partial charge in [0.25, 0.3) is 0 Å². The van der Waals surface area contributed by atoms with Gasteiger partial charge in [-0.15, -0.1) is 0 Å². The average Bonchev–Trinajstić information content (AvgIpc) is 3.30. The smallest absolute Gasteiger partial charge is 0.409 e. The molecule has 230 valence electrons. The van der Waals surface area contributed by atoms with Gasteiger partial charge >= 0.3 is 6.18 Å². The van der Waals surface area contributed by atoms with Crippen LogP contribution in [0.4, 0.5) is 18.9 Å². The number of nitrogens with one attached hydrogen (secondary N) is 1. The van der Waals surface area contributed by atoms with E-state index < -0.39 is 28.8 Å². The van der Waals surface area contributed by atoms with E-state index in [1.165, 1.54) is 36.9 Å². The van der Waals surface area contributed by atoms with E-state index in [0.717, 1.165) is 12.1 Å². The molecule has 9 nitrogen and oxygen atoms in total. The molecule has 1 aromatic carbocycles. The monoisotopic (exact) mass is 623 g/mol. The number of nitrogens with zero attached hydrogens (tertiary/aromatic N) is 4. The standard InChI is InChI=1S/C31H32F3N5O4Si/c1-28(2,3)44-43-29(4,5)30(16-42-17-30)39-15-24(23-14-36-18-37-27(23)39)26(41)20-11-22(13-35-12-20)38-25(40)10-19-6-8-21(9-7-19)31(32,33)34/h6-9,11-15,18H,10,16-17H2,1-5H3,(H,38,40). The molecular weight excluding hydrogens is 591 g/mol. The first-order valence-corrected chi connectivity index (χ1v) is 14.8. The van der Waals surface area contributed by atoms with Crippen molar-refractivity contribution in [3.8, 4) is 0 Å². The van der Waals surface area contributed by atoms with Gasteiger partial charge in [0.15, 0.2) is 5.78 Å². The number of hydrogen-bond acceptors (Lipinski definition) is 7. The third-order valence-corrected chi connectivity index (χ3v) is 8.74. The Bertz CT molecular complexity index is 1690. The van der Waals surface area contributed by atoms with Crippen LogP contribution < -0.4 is 5.32 Å². The molecule has 44 heavy (non-hydrogen) atoms. The van der Waals surface area contributed by atoms with Crippen LogP contribution in [0.1, 0.15) is 61.7 Å². The summed E-state index contributed by atoms with van der Waals surface area (Å²) in [5, 5.41) is 3.19. The second-order valence-electron chi connectivity index (χ2n) is 12.4. The van der Waals surface area contributed by atoms with Crippen LogP contribution in [0.2, 0.25) is 5.04 Å². The van der Waals surface area contributed by atoms with Crippen LogP contribution in [-0.4, -0.2) is 59.8 Å². The summed E-state index contributed by atoms with van der Waals surface area (Å²) in [5.74, 6) is -0.813. The van der Waals surface area contributed by atoms with Gasteiger partial charge in [-0.05, 0) is 42.6 Å². The molecule has 1 aliphatic heterocycles. The molecule has 0 spiro atoms. The molecule has 0 bridgehead atoms. The van der Waals surface area contributed by atoms with Crippen LogP contribution in [0.25, 0.3) is 11.0 Å². The van der Waals surface area contributed by atoms with Gasteiger partial charge in [-0.1, -0.05) is 32.9 Å². The van der Waals surface area contributed by atoms with Crippen molar-refractivity contribution < 1.29 is 31.9 Å². The van der Waals surface area contributed by atoms with Gasteiger partial charge < -0.3 is 19.0 Å². The molecule has 1 amide bonds. The van der Waals surface area contributed by atoms with E-state index in [9.17, 15) is 22.8 Å². The summed E-state index contributed by atoms with van der Waals surface area (Å²) in [6.45, 7) is 11.1. The number of benzene rings is 1. The van der Waals surface area contributed by atoms with Gasteiger partial charge in [0.1, 0.15) is 17.5 Å². The van der Waals surface area contributed by atoms with Gasteiger partial charge in [-0.3, -0.25) is 14.6 Å². The molecule has 5 rings (SSSR count). The van der Waals surface area contributed by atoms with Gasteiger partial charge in [-0.2, -0.15) is 13.2 Å². The lowest BCUT2D eigenvalue weighted by molar-refractivity contribution is -0.184. The highest BCUT2D eigenvalue weighted by atomic mass is 28.2. The highest BCUT2D eigenvalue weighted by Gasteiger charge is 2.54. The molecule has 0 saturated carbocycles. The Labute approximate surface area is 255 Å². The molecule has 1 saturated heterocycles. The lowest BCUT2D eigenvalue weighted by atomic mass is 9.80.